The zero-order chi connectivity index (χ0) is 6.41. The van der Waals surface area contributed by atoms with Crippen molar-refractivity contribution in [3.8, 4) is 0 Å². The Morgan fingerprint density at radius 2 is 0.625 bits per heavy atom. The minimum absolute atomic E-state index is 0. The molecule has 0 unspecified atom stereocenters. The molecule has 1 radical (unpaired) electrons. The van der Waals surface area contributed by atoms with Crippen molar-refractivity contribution in [3.05, 3.63) is 0 Å². The molecule has 0 aliphatic rings. The third-order valence-electron chi connectivity index (χ3n) is 0. The second kappa shape index (κ2) is 2.79. The first-order valence-electron chi connectivity index (χ1n) is 1.13. The summed E-state index contributed by atoms with van der Waals surface area (Å²) in [5, 5.41) is 0. The van der Waals surface area contributed by atoms with E-state index in [1.807, 2.05) is 0 Å². The van der Waals surface area contributed by atoms with E-state index in [-0.39, 0.29) is 49.4 Å². The van der Waals surface area contributed by atoms with Crippen LogP contribution >= 0.6 is 66.5 Å². The van der Waals surface area contributed by atoms with E-state index in [4.69, 9.17) is 66.5 Å². The molecule has 0 fully saturated rings. The normalized spacial score (nSPS) is 20.2. The third-order valence-corrected chi connectivity index (χ3v) is 0. The number of hydrogen-bond acceptors (Lipinski definition) is 0. The van der Waals surface area contributed by atoms with Gasteiger partial charge in [0.05, 0.1) is 0 Å². The van der Waals surface area contributed by atoms with Crippen LogP contribution in [0.5, 0.6) is 0 Å². The maximum Gasteiger partial charge on any atom is 2.00 e. The van der Waals surface area contributed by atoms with E-state index in [2.05, 4.69) is 0 Å². The molecule has 0 aromatic heterocycles. The first-order valence-corrected chi connectivity index (χ1v) is 10.2. The molecular formula is Cl6EuSi. The van der Waals surface area contributed by atoms with Gasteiger partial charge < -0.3 is 0 Å². The first kappa shape index (κ1) is 14.1. The number of halogens is 6. The number of rotatable bonds is 0. The summed E-state index contributed by atoms with van der Waals surface area (Å²) in [5.41, 5.74) is 0. The summed E-state index contributed by atoms with van der Waals surface area (Å²) in [5.74, 6) is 0. The van der Waals surface area contributed by atoms with E-state index in [9.17, 15) is 0 Å². The van der Waals surface area contributed by atoms with E-state index in [1.165, 1.54) is 0 Å². The van der Waals surface area contributed by atoms with Gasteiger partial charge >= 0.3 is 118 Å². The Morgan fingerprint density at radius 3 is 0.625 bits per heavy atom. The van der Waals surface area contributed by atoms with Gasteiger partial charge in [-0.05, 0) is 0 Å². The van der Waals surface area contributed by atoms with Crippen molar-refractivity contribution in [2.75, 3.05) is 0 Å². The van der Waals surface area contributed by atoms with E-state index in [1.54, 1.807) is 0 Å². The van der Waals surface area contributed by atoms with E-state index >= 15 is 0 Å². The van der Waals surface area contributed by atoms with Crippen molar-refractivity contribution in [1.29, 1.82) is 0 Å². The fraction of sp³-hybridized carbons (Fsp3) is 0. The summed E-state index contributed by atoms with van der Waals surface area (Å²) < 4.78 is -5.01. The fourth-order valence-electron chi connectivity index (χ4n) is 0. The molecule has 0 aromatic carbocycles. The van der Waals surface area contributed by atoms with Gasteiger partial charge in [-0.1, -0.05) is 0 Å². The monoisotopic (exact) mass is 391 g/mol. The molecular weight excluding hydrogens is 393 g/mol. The zero-order valence-corrected chi connectivity index (χ0v) is 11.1. The van der Waals surface area contributed by atoms with Crippen molar-refractivity contribution in [3.63, 3.8) is 0 Å². The standard InChI is InChI=1S/Cl6Si.Eu/c1-7(2,3,4,5)6;/q-2;+2. The van der Waals surface area contributed by atoms with Crippen LogP contribution in [-0.4, -0.2) is 2.49 Å². The minimum atomic E-state index is -5.01. The van der Waals surface area contributed by atoms with E-state index in [0.717, 1.165) is 0 Å². The van der Waals surface area contributed by atoms with Crippen LogP contribution in [0.2, 0.25) is 0 Å². The smallest absolute Gasteiger partial charge is 2.00 e. The van der Waals surface area contributed by atoms with Gasteiger partial charge in [0.2, 0.25) is 0 Å². The van der Waals surface area contributed by atoms with Crippen LogP contribution in [0.3, 0.4) is 0 Å². The summed E-state index contributed by atoms with van der Waals surface area (Å²) in [6.45, 7) is 0. The molecule has 0 bridgehead atoms. The topological polar surface area (TPSA) is 0 Å². The Hall–Kier alpha value is 3.54. The second-order valence-corrected chi connectivity index (χ2v) is 28.9. The zero-order valence-electron chi connectivity index (χ0n) is 3.15. The quantitative estimate of drug-likeness (QED) is 0.435. The van der Waals surface area contributed by atoms with Crippen LogP contribution in [0.1, 0.15) is 0 Å². The maximum absolute atomic E-state index is 5.02. The maximum atomic E-state index is 5.02. The Labute approximate surface area is 116 Å². The fourth-order valence-corrected chi connectivity index (χ4v) is 0. The average molecular weight is 393 g/mol. The summed E-state index contributed by atoms with van der Waals surface area (Å²) in [7, 11) is 0. The van der Waals surface area contributed by atoms with Gasteiger partial charge in [-0.25, -0.2) is 0 Å². The van der Waals surface area contributed by atoms with Gasteiger partial charge in [-0.3, -0.25) is 0 Å². The van der Waals surface area contributed by atoms with Crippen molar-refractivity contribution < 1.29 is 49.4 Å². The summed E-state index contributed by atoms with van der Waals surface area (Å²) in [6.07, 6.45) is 0. The third kappa shape index (κ3) is 55.5. The van der Waals surface area contributed by atoms with E-state index in [0.29, 0.717) is 0 Å². The first-order chi connectivity index (χ1) is 2.45. The SMILES string of the molecule is Cl[Si-2](Cl)(Cl)(Cl)(Cl)Cl.[Eu+2]. The molecule has 0 aromatic rings. The molecule has 8 heavy (non-hydrogen) atoms. The summed E-state index contributed by atoms with van der Waals surface area (Å²) in [4.78, 5) is 0. The van der Waals surface area contributed by atoms with Crippen molar-refractivity contribution in [2.45, 2.75) is 0 Å². The molecule has 0 saturated carbocycles. The Balaban J connectivity index is 0. The number of hydrogen-bond donors (Lipinski definition) is 0. The van der Waals surface area contributed by atoms with Crippen molar-refractivity contribution >= 4 is 69.0 Å². The van der Waals surface area contributed by atoms with Crippen LogP contribution < -0.4 is 0 Å². The minimum Gasteiger partial charge on any atom is 2.00 e. The molecule has 8 heteroatoms. The summed E-state index contributed by atoms with van der Waals surface area (Å²) in [6, 6.07) is 0. The van der Waals surface area contributed by atoms with Gasteiger partial charge in [0.15, 0.2) is 0 Å². The van der Waals surface area contributed by atoms with Crippen molar-refractivity contribution in [2.24, 2.45) is 0 Å². The largest absolute Gasteiger partial charge is 2.00 e. The Morgan fingerprint density at radius 1 is 0.625 bits per heavy atom. The molecule has 0 spiro atoms. The molecule has 0 saturated heterocycles. The average Bonchev–Trinajstić information content (AvgIpc) is 0.592. The predicted molar refractivity (Wildman–Crippen MR) is 40.9 cm³/mol. The van der Waals surface area contributed by atoms with Crippen molar-refractivity contribution in [1.82, 2.24) is 0 Å². The van der Waals surface area contributed by atoms with Gasteiger partial charge in [-0.2, -0.15) is 0 Å². The van der Waals surface area contributed by atoms with Gasteiger partial charge in [0, 0.05) is 0 Å². The molecule has 0 heterocycles. The second-order valence-electron chi connectivity index (χ2n) is 1.07. The molecule has 0 aliphatic carbocycles. The molecule has 0 N–H and O–H groups in total. The predicted octanol–water partition coefficient (Wildman–Crippen LogP) is 3.76. The molecule has 0 amide bonds. The van der Waals surface area contributed by atoms with Gasteiger partial charge in [0.25, 0.3) is 0 Å². The van der Waals surface area contributed by atoms with E-state index < -0.39 is 2.49 Å². The van der Waals surface area contributed by atoms with Crippen LogP contribution in [0.4, 0.5) is 0 Å². The van der Waals surface area contributed by atoms with Crippen LogP contribution in [0.25, 0.3) is 0 Å². The summed E-state index contributed by atoms with van der Waals surface area (Å²) >= 11 is 30.1. The van der Waals surface area contributed by atoms with Crippen LogP contribution in [-0.2, 0) is 0 Å². The molecule has 0 rings (SSSR count). The molecule has 0 atom stereocenters. The Kier molecular flexibility index (Phi) is 4.92. The molecule has 0 aliphatic heterocycles. The van der Waals surface area contributed by atoms with Gasteiger partial charge in [-0.15, -0.1) is 0 Å². The Bertz CT molecular complexity index is 67.1. The molecule has 53 valence electrons. The molecule has 0 nitrogen and oxygen atoms in total. The van der Waals surface area contributed by atoms with Gasteiger partial charge in [0.1, 0.15) is 0 Å². The van der Waals surface area contributed by atoms with Crippen LogP contribution in [0, 0.1) is 49.4 Å². The van der Waals surface area contributed by atoms with Crippen LogP contribution in [0.15, 0.2) is 0 Å².